The fourth-order valence-electron chi connectivity index (χ4n) is 3.63. The van der Waals surface area contributed by atoms with E-state index in [-0.39, 0.29) is 12.4 Å². The van der Waals surface area contributed by atoms with Gasteiger partial charge in [-0.1, -0.05) is 36.4 Å². The smallest absolute Gasteiger partial charge is 0.161 e. The summed E-state index contributed by atoms with van der Waals surface area (Å²) in [6.45, 7) is 6.72. The minimum Gasteiger partial charge on any atom is -0.493 e. The van der Waals surface area contributed by atoms with Crippen LogP contribution in [-0.2, 0) is 6.54 Å². The van der Waals surface area contributed by atoms with Gasteiger partial charge in [0.15, 0.2) is 11.5 Å². The van der Waals surface area contributed by atoms with Gasteiger partial charge in [0.1, 0.15) is 18.5 Å². The normalized spacial score (nSPS) is 16.7. The van der Waals surface area contributed by atoms with Gasteiger partial charge < -0.3 is 14.6 Å². The first-order valence-electron chi connectivity index (χ1n) is 10.4. The lowest BCUT2D eigenvalue weighted by atomic mass is 10.2. The van der Waals surface area contributed by atoms with E-state index < -0.39 is 6.10 Å². The van der Waals surface area contributed by atoms with Gasteiger partial charge in [0.25, 0.3) is 0 Å². The van der Waals surface area contributed by atoms with Crippen LogP contribution in [0.1, 0.15) is 18.1 Å². The maximum atomic E-state index is 13.8. The van der Waals surface area contributed by atoms with Gasteiger partial charge in [0.05, 0.1) is 7.11 Å². The Labute approximate surface area is 178 Å². The number of halogens is 1. The van der Waals surface area contributed by atoms with E-state index in [0.717, 1.165) is 37.3 Å². The highest BCUT2D eigenvalue weighted by atomic mass is 19.1. The van der Waals surface area contributed by atoms with Crippen molar-refractivity contribution in [1.29, 1.82) is 0 Å². The minimum absolute atomic E-state index is 0.151. The van der Waals surface area contributed by atoms with Crippen LogP contribution in [-0.4, -0.2) is 67.5 Å². The lowest BCUT2D eigenvalue weighted by Gasteiger charge is -2.35. The number of nitrogens with zero attached hydrogens (tertiary/aromatic N) is 2. The van der Waals surface area contributed by atoms with Crippen molar-refractivity contribution in [3.63, 3.8) is 0 Å². The molecule has 1 saturated heterocycles. The highest BCUT2D eigenvalue weighted by Gasteiger charge is 2.20. The first kappa shape index (κ1) is 22.3. The summed E-state index contributed by atoms with van der Waals surface area (Å²) < 4.78 is 25.0. The van der Waals surface area contributed by atoms with E-state index in [1.807, 2.05) is 49.4 Å². The molecule has 0 amide bonds. The topological polar surface area (TPSA) is 45.2 Å². The number of rotatable bonds is 9. The van der Waals surface area contributed by atoms with Crippen molar-refractivity contribution in [2.75, 3.05) is 46.4 Å². The average molecular weight is 415 g/mol. The Balaban J connectivity index is 1.43. The van der Waals surface area contributed by atoms with Crippen LogP contribution >= 0.6 is 0 Å². The summed E-state index contributed by atoms with van der Waals surface area (Å²) in [6, 6.07) is 12.7. The van der Waals surface area contributed by atoms with Crippen molar-refractivity contribution in [1.82, 2.24) is 9.80 Å². The molecule has 1 fully saturated rings. The summed E-state index contributed by atoms with van der Waals surface area (Å²) in [5.41, 5.74) is 1.77. The molecule has 1 heterocycles. The Hall–Kier alpha value is -2.41. The first-order chi connectivity index (χ1) is 14.6. The molecule has 0 aliphatic carbocycles. The summed E-state index contributed by atoms with van der Waals surface area (Å²) in [5.74, 6) is 1.13. The van der Waals surface area contributed by atoms with Crippen LogP contribution in [0.25, 0.3) is 6.08 Å². The van der Waals surface area contributed by atoms with Crippen LogP contribution in [0.2, 0.25) is 0 Å². The minimum atomic E-state index is -0.594. The predicted molar refractivity (Wildman–Crippen MR) is 117 cm³/mol. The third-order valence-corrected chi connectivity index (χ3v) is 5.26. The number of benzene rings is 2. The Morgan fingerprint density at radius 1 is 1.07 bits per heavy atom. The molecule has 5 nitrogen and oxygen atoms in total. The van der Waals surface area contributed by atoms with Gasteiger partial charge in [-0.25, -0.2) is 4.39 Å². The van der Waals surface area contributed by atoms with E-state index in [1.165, 1.54) is 6.07 Å². The standard InChI is InChI=1S/C24H31FN2O3/c1-3-6-19-9-10-23(24(15-19)29-2)30-18-21(28)17-27-13-11-26(12-14-27)16-20-7-4-5-8-22(20)25/h3-10,15,21,28H,11-14,16-18H2,1-2H3/b6-3+. The molecule has 1 aliphatic heterocycles. The Morgan fingerprint density at radius 2 is 1.80 bits per heavy atom. The molecular weight excluding hydrogens is 383 g/mol. The third kappa shape index (κ3) is 6.29. The summed E-state index contributed by atoms with van der Waals surface area (Å²) in [4.78, 5) is 4.47. The quantitative estimate of drug-likeness (QED) is 0.681. The molecule has 2 aromatic carbocycles. The summed E-state index contributed by atoms with van der Waals surface area (Å²) in [5, 5.41) is 10.4. The zero-order valence-corrected chi connectivity index (χ0v) is 17.8. The number of aliphatic hydroxyl groups is 1. The molecule has 6 heteroatoms. The number of hydrogen-bond donors (Lipinski definition) is 1. The Kier molecular flexibility index (Phi) is 8.25. The Bertz CT molecular complexity index is 835. The van der Waals surface area contributed by atoms with Crippen LogP contribution < -0.4 is 9.47 Å². The van der Waals surface area contributed by atoms with Crippen LogP contribution in [0.4, 0.5) is 4.39 Å². The van der Waals surface area contributed by atoms with Gasteiger partial charge in [-0.05, 0) is 30.7 Å². The van der Waals surface area contributed by atoms with E-state index in [4.69, 9.17) is 9.47 Å². The lowest BCUT2D eigenvalue weighted by molar-refractivity contribution is 0.0438. The van der Waals surface area contributed by atoms with Gasteiger partial charge in [-0.15, -0.1) is 0 Å². The predicted octanol–water partition coefficient (Wildman–Crippen LogP) is 3.42. The van der Waals surface area contributed by atoms with Crippen molar-refractivity contribution in [3.05, 3.63) is 65.5 Å². The second-order valence-corrected chi connectivity index (χ2v) is 7.54. The van der Waals surface area contributed by atoms with Crippen LogP contribution in [0, 0.1) is 5.82 Å². The molecule has 0 spiro atoms. The number of hydrogen-bond acceptors (Lipinski definition) is 5. The molecule has 30 heavy (non-hydrogen) atoms. The molecule has 0 bridgehead atoms. The molecule has 0 saturated carbocycles. The zero-order valence-electron chi connectivity index (χ0n) is 17.8. The molecule has 0 aromatic heterocycles. The van der Waals surface area contributed by atoms with Crippen molar-refractivity contribution in [2.45, 2.75) is 19.6 Å². The fourth-order valence-corrected chi connectivity index (χ4v) is 3.63. The van der Waals surface area contributed by atoms with E-state index in [1.54, 1.807) is 13.2 Å². The molecule has 1 unspecified atom stereocenters. The van der Waals surface area contributed by atoms with Crippen molar-refractivity contribution >= 4 is 6.08 Å². The molecule has 1 N–H and O–H groups in total. The SMILES string of the molecule is C/C=C/c1ccc(OCC(O)CN2CCN(Cc3ccccc3F)CC2)c(OC)c1. The number of piperazine rings is 1. The van der Waals surface area contributed by atoms with Crippen molar-refractivity contribution < 1.29 is 19.0 Å². The summed E-state index contributed by atoms with van der Waals surface area (Å²) >= 11 is 0. The summed E-state index contributed by atoms with van der Waals surface area (Å²) in [7, 11) is 1.61. The van der Waals surface area contributed by atoms with E-state index in [2.05, 4.69) is 9.80 Å². The van der Waals surface area contributed by atoms with Gasteiger partial charge >= 0.3 is 0 Å². The maximum absolute atomic E-state index is 13.8. The molecule has 1 atom stereocenters. The van der Waals surface area contributed by atoms with Gasteiger partial charge in [-0.3, -0.25) is 9.80 Å². The van der Waals surface area contributed by atoms with Gasteiger partial charge in [0.2, 0.25) is 0 Å². The second-order valence-electron chi connectivity index (χ2n) is 7.54. The lowest BCUT2D eigenvalue weighted by Crippen LogP contribution is -2.48. The monoisotopic (exact) mass is 414 g/mol. The van der Waals surface area contributed by atoms with Gasteiger partial charge in [-0.2, -0.15) is 0 Å². The molecule has 1 aliphatic rings. The molecule has 3 rings (SSSR count). The number of methoxy groups -OCH3 is 1. The molecule has 162 valence electrons. The van der Waals surface area contributed by atoms with E-state index in [0.29, 0.717) is 24.6 Å². The average Bonchev–Trinajstić information content (AvgIpc) is 2.76. The number of aliphatic hydroxyl groups excluding tert-OH is 1. The van der Waals surface area contributed by atoms with E-state index >= 15 is 0 Å². The maximum Gasteiger partial charge on any atom is 0.161 e. The van der Waals surface area contributed by atoms with Crippen molar-refractivity contribution in [2.24, 2.45) is 0 Å². The van der Waals surface area contributed by atoms with Crippen LogP contribution in [0.5, 0.6) is 11.5 Å². The van der Waals surface area contributed by atoms with E-state index in [9.17, 15) is 9.50 Å². The Morgan fingerprint density at radius 3 is 2.50 bits per heavy atom. The highest BCUT2D eigenvalue weighted by Crippen LogP contribution is 2.28. The van der Waals surface area contributed by atoms with Crippen LogP contribution in [0.3, 0.4) is 0 Å². The third-order valence-electron chi connectivity index (χ3n) is 5.26. The number of ether oxygens (including phenoxy) is 2. The molecule has 0 radical (unpaired) electrons. The molecular formula is C24H31FN2O3. The van der Waals surface area contributed by atoms with Crippen molar-refractivity contribution in [3.8, 4) is 11.5 Å². The summed E-state index contributed by atoms with van der Waals surface area (Å²) in [6.07, 6.45) is 3.37. The van der Waals surface area contributed by atoms with Crippen LogP contribution in [0.15, 0.2) is 48.5 Å². The van der Waals surface area contributed by atoms with Gasteiger partial charge in [0, 0.05) is 44.8 Å². The largest absolute Gasteiger partial charge is 0.493 e. The molecule has 2 aromatic rings. The zero-order chi connectivity index (χ0) is 21.3. The number of β-amino-alcohol motifs (C(OH)–C–C–N with tert-alkyl or cyclic N) is 1. The highest BCUT2D eigenvalue weighted by molar-refractivity contribution is 5.55. The first-order valence-corrected chi connectivity index (χ1v) is 10.4. The fraction of sp³-hybridized carbons (Fsp3) is 0.417. The second kappa shape index (κ2) is 11.1. The number of allylic oxidation sites excluding steroid dienone is 1.